The van der Waals surface area contributed by atoms with Crippen molar-refractivity contribution >= 4 is 17.3 Å². The van der Waals surface area contributed by atoms with Gasteiger partial charge in [0.15, 0.2) is 0 Å². The molecule has 1 amide bonds. The molecule has 0 saturated carbocycles. The highest BCUT2D eigenvalue weighted by Gasteiger charge is 2.23. The van der Waals surface area contributed by atoms with E-state index in [0.717, 1.165) is 30.8 Å². The minimum atomic E-state index is -0.223. The zero-order valence-electron chi connectivity index (χ0n) is 13.8. The van der Waals surface area contributed by atoms with Gasteiger partial charge in [0.05, 0.1) is 0 Å². The summed E-state index contributed by atoms with van der Waals surface area (Å²) in [5, 5.41) is 3.01. The maximum atomic E-state index is 13.0. The maximum absolute atomic E-state index is 13.0. The molecule has 2 aromatic carbocycles. The molecular formula is C19H22FN3O. The third-order valence-corrected chi connectivity index (χ3v) is 4.54. The molecule has 1 saturated heterocycles. The number of benzene rings is 2. The van der Waals surface area contributed by atoms with Crippen LogP contribution < -0.4 is 16.0 Å². The number of rotatable bonds is 4. The third kappa shape index (κ3) is 3.67. The highest BCUT2D eigenvalue weighted by atomic mass is 19.1. The van der Waals surface area contributed by atoms with Gasteiger partial charge in [-0.3, -0.25) is 4.79 Å². The molecule has 1 aliphatic rings. The molecule has 4 nitrogen and oxygen atoms in total. The van der Waals surface area contributed by atoms with Crippen molar-refractivity contribution in [2.75, 3.05) is 30.3 Å². The summed E-state index contributed by atoms with van der Waals surface area (Å²) in [5.74, 6) is 0.0830. The van der Waals surface area contributed by atoms with Crippen LogP contribution in [-0.4, -0.2) is 25.5 Å². The highest BCUT2D eigenvalue weighted by Crippen LogP contribution is 2.23. The van der Waals surface area contributed by atoms with Gasteiger partial charge in [0.25, 0.3) is 5.91 Å². The molecule has 0 spiro atoms. The van der Waals surface area contributed by atoms with Crippen LogP contribution in [0.5, 0.6) is 0 Å². The van der Waals surface area contributed by atoms with Crippen LogP contribution in [0.15, 0.2) is 42.5 Å². The lowest BCUT2D eigenvalue weighted by Gasteiger charge is -2.19. The highest BCUT2D eigenvalue weighted by molar-refractivity contribution is 5.96. The minimum Gasteiger partial charge on any atom is -0.399 e. The number of nitrogens with one attached hydrogen (secondary N) is 1. The van der Waals surface area contributed by atoms with E-state index in [9.17, 15) is 9.18 Å². The number of hydrogen-bond acceptors (Lipinski definition) is 3. The summed E-state index contributed by atoms with van der Waals surface area (Å²) in [6.07, 6.45) is 1.01. The largest absolute Gasteiger partial charge is 0.399 e. The van der Waals surface area contributed by atoms with E-state index >= 15 is 0 Å². The number of aryl methyl sites for hydroxylation is 1. The van der Waals surface area contributed by atoms with Crippen LogP contribution in [0, 0.1) is 18.7 Å². The molecule has 1 heterocycles. The topological polar surface area (TPSA) is 58.4 Å². The second-order valence-electron chi connectivity index (χ2n) is 6.36. The molecule has 0 radical (unpaired) electrons. The first-order valence-electron chi connectivity index (χ1n) is 8.18. The Hall–Kier alpha value is -2.56. The Morgan fingerprint density at radius 3 is 2.79 bits per heavy atom. The predicted molar refractivity (Wildman–Crippen MR) is 94.6 cm³/mol. The van der Waals surface area contributed by atoms with Crippen molar-refractivity contribution in [3.63, 3.8) is 0 Å². The summed E-state index contributed by atoms with van der Waals surface area (Å²) in [4.78, 5) is 14.6. The quantitative estimate of drug-likeness (QED) is 0.849. The van der Waals surface area contributed by atoms with Gasteiger partial charge in [-0.15, -0.1) is 0 Å². The summed E-state index contributed by atoms with van der Waals surface area (Å²) in [6, 6.07) is 11.9. The van der Waals surface area contributed by atoms with Crippen molar-refractivity contribution in [2.45, 2.75) is 13.3 Å². The van der Waals surface area contributed by atoms with Gasteiger partial charge in [-0.1, -0.05) is 6.07 Å². The fourth-order valence-corrected chi connectivity index (χ4v) is 3.10. The number of nitrogen functional groups attached to an aromatic ring is 1. The smallest absolute Gasteiger partial charge is 0.251 e. The number of nitrogens with zero attached hydrogens (tertiary/aromatic N) is 1. The van der Waals surface area contributed by atoms with Crippen LogP contribution in [0.1, 0.15) is 22.3 Å². The van der Waals surface area contributed by atoms with Crippen molar-refractivity contribution in [3.05, 3.63) is 59.4 Å². The Balaban J connectivity index is 1.55. The fourth-order valence-electron chi connectivity index (χ4n) is 3.10. The Kier molecular flexibility index (Phi) is 4.69. The van der Waals surface area contributed by atoms with E-state index in [0.29, 0.717) is 23.7 Å². The molecule has 2 aromatic rings. The first-order valence-corrected chi connectivity index (χ1v) is 8.18. The number of hydrogen-bond donors (Lipinski definition) is 2. The summed E-state index contributed by atoms with van der Waals surface area (Å²) in [6.45, 7) is 4.32. The van der Waals surface area contributed by atoms with E-state index in [4.69, 9.17) is 5.73 Å². The van der Waals surface area contributed by atoms with Crippen molar-refractivity contribution < 1.29 is 9.18 Å². The van der Waals surface area contributed by atoms with Gasteiger partial charge >= 0.3 is 0 Å². The molecule has 5 heteroatoms. The summed E-state index contributed by atoms with van der Waals surface area (Å²) >= 11 is 0. The molecule has 1 aliphatic heterocycles. The van der Waals surface area contributed by atoms with E-state index in [1.165, 1.54) is 12.1 Å². The average molecular weight is 327 g/mol. The predicted octanol–water partition coefficient (Wildman–Crippen LogP) is 2.97. The van der Waals surface area contributed by atoms with Crippen LogP contribution in [0.4, 0.5) is 15.8 Å². The lowest BCUT2D eigenvalue weighted by molar-refractivity contribution is 0.0947. The van der Waals surface area contributed by atoms with Gasteiger partial charge in [0.2, 0.25) is 0 Å². The molecule has 0 aromatic heterocycles. The molecule has 0 bridgehead atoms. The lowest BCUT2D eigenvalue weighted by Crippen LogP contribution is -2.31. The van der Waals surface area contributed by atoms with Gasteiger partial charge in [-0.25, -0.2) is 4.39 Å². The second-order valence-corrected chi connectivity index (χ2v) is 6.36. The zero-order chi connectivity index (χ0) is 17.1. The van der Waals surface area contributed by atoms with E-state index in [-0.39, 0.29) is 11.7 Å². The van der Waals surface area contributed by atoms with E-state index in [1.54, 1.807) is 24.3 Å². The SMILES string of the molecule is Cc1ccc(N)cc1C(=O)NCC1CCN(c2ccc(F)cc2)C1. The Bertz CT molecular complexity index is 730. The van der Waals surface area contributed by atoms with E-state index < -0.39 is 0 Å². The summed E-state index contributed by atoms with van der Waals surface area (Å²) in [5.41, 5.74) is 8.93. The number of halogens is 1. The molecule has 126 valence electrons. The van der Waals surface area contributed by atoms with Crippen molar-refractivity contribution in [2.24, 2.45) is 5.92 Å². The lowest BCUT2D eigenvalue weighted by atomic mass is 10.1. The molecular weight excluding hydrogens is 305 g/mol. The summed E-state index contributed by atoms with van der Waals surface area (Å²) < 4.78 is 13.0. The molecule has 0 aliphatic carbocycles. The summed E-state index contributed by atoms with van der Waals surface area (Å²) in [7, 11) is 0. The molecule has 24 heavy (non-hydrogen) atoms. The van der Waals surface area contributed by atoms with Crippen molar-refractivity contribution in [1.82, 2.24) is 5.32 Å². The molecule has 3 N–H and O–H groups in total. The zero-order valence-corrected chi connectivity index (χ0v) is 13.8. The van der Waals surface area contributed by atoms with Crippen LogP contribution in [0.25, 0.3) is 0 Å². The molecule has 1 unspecified atom stereocenters. The van der Waals surface area contributed by atoms with Crippen LogP contribution >= 0.6 is 0 Å². The molecule has 1 atom stereocenters. The van der Waals surface area contributed by atoms with E-state index in [2.05, 4.69) is 10.2 Å². The first-order chi connectivity index (χ1) is 11.5. The van der Waals surface area contributed by atoms with Gasteiger partial charge in [-0.2, -0.15) is 0 Å². The molecule has 3 rings (SSSR count). The van der Waals surface area contributed by atoms with Gasteiger partial charge in [0, 0.05) is 36.6 Å². The minimum absolute atomic E-state index is 0.0833. The number of nitrogens with two attached hydrogens (primary N) is 1. The third-order valence-electron chi connectivity index (χ3n) is 4.54. The van der Waals surface area contributed by atoms with E-state index in [1.807, 2.05) is 13.0 Å². The fraction of sp³-hybridized carbons (Fsp3) is 0.316. The van der Waals surface area contributed by atoms with Crippen LogP contribution in [0.3, 0.4) is 0 Å². The number of carbonyl (C=O) groups is 1. The maximum Gasteiger partial charge on any atom is 0.251 e. The van der Waals surface area contributed by atoms with Crippen molar-refractivity contribution in [1.29, 1.82) is 0 Å². The van der Waals surface area contributed by atoms with Crippen molar-refractivity contribution in [3.8, 4) is 0 Å². The van der Waals surface area contributed by atoms with Gasteiger partial charge in [-0.05, 0) is 61.2 Å². The number of amides is 1. The monoisotopic (exact) mass is 327 g/mol. The Morgan fingerprint density at radius 1 is 1.29 bits per heavy atom. The molecule has 1 fully saturated rings. The van der Waals surface area contributed by atoms with Gasteiger partial charge in [0.1, 0.15) is 5.82 Å². The number of anilines is 2. The first kappa shape index (κ1) is 16.3. The standard InChI is InChI=1S/C19H22FN3O/c1-13-2-5-16(21)10-18(13)19(24)22-11-14-8-9-23(12-14)17-6-3-15(20)4-7-17/h2-7,10,14H,8-9,11-12,21H2,1H3,(H,22,24). The van der Waals surface area contributed by atoms with Gasteiger partial charge < -0.3 is 16.0 Å². The normalized spacial score (nSPS) is 17.1. The number of carbonyl (C=O) groups excluding carboxylic acids is 1. The Labute approximate surface area is 141 Å². The Morgan fingerprint density at radius 2 is 2.04 bits per heavy atom. The van der Waals surface area contributed by atoms with Crippen LogP contribution in [0.2, 0.25) is 0 Å². The second kappa shape index (κ2) is 6.91. The van der Waals surface area contributed by atoms with Crippen LogP contribution in [-0.2, 0) is 0 Å². The average Bonchev–Trinajstić information content (AvgIpc) is 3.04.